The maximum absolute atomic E-state index is 2.41. The summed E-state index contributed by atoms with van der Waals surface area (Å²) in [4.78, 5) is 2.41. The van der Waals surface area contributed by atoms with Gasteiger partial charge in [0.25, 0.3) is 0 Å². The van der Waals surface area contributed by atoms with Crippen LogP contribution in [0.2, 0.25) is 0 Å². The summed E-state index contributed by atoms with van der Waals surface area (Å²) >= 11 is 0. The molecular weight excluding hydrogens is 735 g/mol. The van der Waals surface area contributed by atoms with Crippen LogP contribution < -0.4 is 4.90 Å². The monoisotopic (exact) mass is 775 g/mol. The quantitative estimate of drug-likeness (QED) is 0.139. The van der Waals surface area contributed by atoms with Crippen molar-refractivity contribution in [1.82, 2.24) is 0 Å². The molecule has 1 nitrogen and oxygen atoms in total. The van der Waals surface area contributed by atoms with E-state index in [2.05, 4.69) is 254 Å². The van der Waals surface area contributed by atoms with Gasteiger partial charge in [0.15, 0.2) is 0 Å². The molecule has 0 unspecified atom stereocenters. The normalized spacial score (nSPS) is 11.3. The van der Waals surface area contributed by atoms with Gasteiger partial charge in [-0.25, -0.2) is 0 Å². The molecule has 0 heterocycles. The first-order valence-corrected chi connectivity index (χ1v) is 21.0. The lowest BCUT2D eigenvalue weighted by atomic mass is 9.91. The minimum atomic E-state index is 1.09. The fourth-order valence-electron chi connectivity index (χ4n) is 8.96. The van der Waals surface area contributed by atoms with Crippen LogP contribution in [-0.2, 0) is 0 Å². The molecule has 0 saturated heterocycles. The smallest absolute Gasteiger partial charge is 0.0468 e. The lowest BCUT2D eigenvalue weighted by Gasteiger charge is -2.27. The van der Waals surface area contributed by atoms with Crippen LogP contribution in [0, 0.1) is 0 Å². The fraction of sp³-hybridized carbons (Fsp3) is 0. The predicted molar refractivity (Wildman–Crippen MR) is 261 cm³/mol. The van der Waals surface area contributed by atoms with Gasteiger partial charge in [0.2, 0.25) is 0 Å². The second-order valence-electron chi connectivity index (χ2n) is 15.7. The molecule has 11 aromatic carbocycles. The van der Waals surface area contributed by atoms with Crippen LogP contribution in [0.1, 0.15) is 0 Å². The van der Waals surface area contributed by atoms with Gasteiger partial charge in [-0.05, 0) is 130 Å². The van der Waals surface area contributed by atoms with Crippen molar-refractivity contribution >= 4 is 49.4 Å². The lowest BCUT2D eigenvalue weighted by molar-refractivity contribution is 1.29. The molecule has 0 amide bonds. The van der Waals surface area contributed by atoms with E-state index in [-0.39, 0.29) is 0 Å². The molecule has 1 heteroatoms. The predicted octanol–water partition coefficient (Wildman–Crippen LogP) is 17.0. The average molecular weight is 776 g/mol. The Kier molecular flexibility index (Phi) is 9.26. The molecule has 0 atom stereocenters. The zero-order valence-corrected chi connectivity index (χ0v) is 33.6. The number of hydrogen-bond donors (Lipinski definition) is 0. The van der Waals surface area contributed by atoms with Crippen molar-refractivity contribution in [2.24, 2.45) is 0 Å². The van der Waals surface area contributed by atoms with Crippen molar-refractivity contribution in [2.75, 3.05) is 4.90 Å². The summed E-state index contributed by atoms with van der Waals surface area (Å²) in [6, 6.07) is 90.5. The number of hydrogen-bond acceptors (Lipinski definition) is 1. The van der Waals surface area contributed by atoms with Crippen LogP contribution in [0.25, 0.3) is 88.0 Å². The molecule has 0 aliphatic carbocycles. The fourth-order valence-corrected chi connectivity index (χ4v) is 8.96. The Balaban J connectivity index is 1.04. The zero-order valence-electron chi connectivity index (χ0n) is 33.6. The van der Waals surface area contributed by atoms with Crippen molar-refractivity contribution in [3.63, 3.8) is 0 Å². The Labute approximate surface area is 357 Å². The molecule has 0 saturated carbocycles. The van der Waals surface area contributed by atoms with E-state index in [1.54, 1.807) is 0 Å². The molecular formula is C60H41N. The molecule has 286 valence electrons. The summed E-state index contributed by atoms with van der Waals surface area (Å²) in [6.07, 6.45) is 0. The van der Waals surface area contributed by atoms with Gasteiger partial charge in [-0.3, -0.25) is 0 Å². The minimum Gasteiger partial charge on any atom is -0.310 e. The van der Waals surface area contributed by atoms with E-state index in [9.17, 15) is 0 Å². The van der Waals surface area contributed by atoms with Crippen molar-refractivity contribution in [2.45, 2.75) is 0 Å². The average Bonchev–Trinajstić information content (AvgIpc) is 3.34. The van der Waals surface area contributed by atoms with E-state index >= 15 is 0 Å². The van der Waals surface area contributed by atoms with E-state index in [0.29, 0.717) is 0 Å². The van der Waals surface area contributed by atoms with Gasteiger partial charge >= 0.3 is 0 Å². The highest BCUT2D eigenvalue weighted by atomic mass is 15.1. The van der Waals surface area contributed by atoms with E-state index < -0.39 is 0 Å². The number of nitrogens with zero attached hydrogens (tertiary/aromatic N) is 1. The Morgan fingerprint density at radius 3 is 1.31 bits per heavy atom. The second kappa shape index (κ2) is 15.6. The summed E-state index contributed by atoms with van der Waals surface area (Å²) in [7, 11) is 0. The van der Waals surface area contributed by atoms with Gasteiger partial charge in [-0.2, -0.15) is 0 Å². The van der Waals surface area contributed by atoms with Crippen LogP contribution in [0.15, 0.2) is 249 Å². The third-order valence-corrected chi connectivity index (χ3v) is 12.1. The van der Waals surface area contributed by atoms with Crippen molar-refractivity contribution in [3.8, 4) is 55.6 Å². The largest absolute Gasteiger partial charge is 0.310 e. The zero-order chi connectivity index (χ0) is 40.5. The first-order valence-electron chi connectivity index (χ1n) is 21.0. The Morgan fingerprint density at radius 1 is 0.197 bits per heavy atom. The van der Waals surface area contributed by atoms with Gasteiger partial charge in [-0.15, -0.1) is 0 Å². The molecule has 0 fully saturated rings. The Morgan fingerprint density at radius 2 is 0.623 bits per heavy atom. The van der Waals surface area contributed by atoms with E-state index in [1.165, 1.54) is 88.0 Å². The minimum absolute atomic E-state index is 1.09. The van der Waals surface area contributed by atoms with Gasteiger partial charge in [0.05, 0.1) is 0 Å². The molecule has 0 aliphatic rings. The third kappa shape index (κ3) is 6.93. The van der Waals surface area contributed by atoms with Crippen LogP contribution >= 0.6 is 0 Å². The maximum Gasteiger partial charge on any atom is 0.0468 e. The van der Waals surface area contributed by atoms with Crippen LogP contribution in [-0.4, -0.2) is 0 Å². The highest BCUT2D eigenvalue weighted by Gasteiger charge is 2.18. The van der Waals surface area contributed by atoms with Crippen LogP contribution in [0.3, 0.4) is 0 Å². The van der Waals surface area contributed by atoms with Crippen molar-refractivity contribution < 1.29 is 0 Å². The molecule has 0 aliphatic heterocycles. The number of fused-ring (bicyclic) bond motifs is 4. The lowest BCUT2D eigenvalue weighted by Crippen LogP contribution is -2.10. The SMILES string of the molecule is c1ccc(-c2ccccc2-c2ccc(-c3ccc(N(c4ccc(-c5ccc6ccccc6c5)cc4)c4ccc5ccc6ccccc6c5c4)cc3-c3ccccc3)cc2)cc1. The summed E-state index contributed by atoms with van der Waals surface area (Å²) in [5, 5.41) is 7.45. The molecule has 0 spiro atoms. The molecule has 0 N–H and O–H groups in total. The molecule has 61 heavy (non-hydrogen) atoms. The standard InChI is InChI=1S/C60H41N/c1-3-14-44(15-4-1)55-20-11-12-21-56(55)47-25-27-48(28-26-47)58-38-37-54(41-59(58)45-16-5-2-6-17-45)61(53-36-33-49-29-24-46-18-9-10-22-57(46)60(49)40-53)52-34-31-43(32-35-52)51-30-23-42-13-7-8-19-50(42)39-51/h1-41H. The highest BCUT2D eigenvalue weighted by Crippen LogP contribution is 2.43. The van der Waals surface area contributed by atoms with Gasteiger partial charge in [0.1, 0.15) is 0 Å². The number of benzene rings is 11. The highest BCUT2D eigenvalue weighted by molar-refractivity contribution is 6.09. The maximum atomic E-state index is 2.41. The van der Waals surface area contributed by atoms with Gasteiger partial charge in [0, 0.05) is 17.1 Å². The molecule has 0 aromatic heterocycles. The van der Waals surface area contributed by atoms with Gasteiger partial charge in [-0.1, -0.05) is 206 Å². The summed E-state index contributed by atoms with van der Waals surface area (Å²) in [5.41, 5.74) is 15.3. The molecule has 11 aromatic rings. The third-order valence-electron chi connectivity index (χ3n) is 12.1. The summed E-state index contributed by atoms with van der Waals surface area (Å²) < 4.78 is 0. The van der Waals surface area contributed by atoms with Crippen LogP contribution in [0.5, 0.6) is 0 Å². The first-order chi connectivity index (χ1) is 30.2. The van der Waals surface area contributed by atoms with Crippen molar-refractivity contribution in [1.29, 1.82) is 0 Å². The second-order valence-corrected chi connectivity index (χ2v) is 15.7. The molecule has 11 rings (SSSR count). The van der Waals surface area contributed by atoms with E-state index in [4.69, 9.17) is 0 Å². The van der Waals surface area contributed by atoms with Gasteiger partial charge < -0.3 is 4.90 Å². The Hall–Kier alpha value is -8.00. The molecule has 0 radical (unpaired) electrons. The van der Waals surface area contributed by atoms with Crippen molar-refractivity contribution in [3.05, 3.63) is 249 Å². The van der Waals surface area contributed by atoms with E-state index in [1.807, 2.05) is 0 Å². The first kappa shape index (κ1) is 36.1. The number of rotatable bonds is 8. The summed E-state index contributed by atoms with van der Waals surface area (Å²) in [5.74, 6) is 0. The van der Waals surface area contributed by atoms with Crippen LogP contribution in [0.4, 0.5) is 17.1 Å². The number of anilines is 3. The van der Waals surface area contributed by atoms with E-state index in [0.717, 1.165) is 17.1 Å². The molecule has 0 bridgehead atoms. The topological polar surface area (TPSA) is 3.24 Å². The Bertz CT molecular complexity index is 3330. The summed E-state index contributed by atoms with van der Waals surface area (Å²) in [6.45, 7) is 0.